The molecule has 0 bridgehead atoms. The molecule has 2 aliphatic rings. The van der Waals surface area contributed by atoms with Crippen LogP contribution in [0.25, 0.3) is 0 Å². The Labute approximate surface area is 117 Å². The third-order valence-electron chi connectivity index (χ3n) is 4.21. The third-order valence-corrected chi connectivity index (χ3v) is 4.21. The van der Waals surface area contributed by atoms with Crippen LogP contribution in [-0.4, -0.2) is 48.0 Å². The summed E-state index contributed by atoms with van der Waals surface area (Å²) in [4.78, 5) is 2.41. The Morgan fingerprint density at radius 2 is 1.83 bits per heavy atom. The molecule has 3 nitrogen and oxygen atoms in total. The van der Waals surface area contributed by atoms with E-state index in [1.807, 2.05) is 0 Å². The molecule has 1 saturated heterocycles. The van der Waals surface area contributed by atoms with Gasteiger partial charge in [0, 0.05) is 12.6 Å². The molecule has 108 valence electrons. The average molecular weight is 278 g/mol. The molecule has 2 unspecified atom stereocenters. The van der Waals surface area contributed by atoms with Gasteiger partial charge in [0.05, 0.1) is 18.8 Å². The van der Waals surface area contributed by atoms with E-state index in [1.54, 1.807) is 0 Å². The van der Waals surface area contributed by atoms with E-state index in [-0.39, 0.29) is 18.5 Å². The number of ether oxygens (including phenoxy) is 1. The Morgan fingerprint density at radius 1 is 1.17 bits per heavy atom. The second-order valence-corrected chi connectivity index (χ2v) is 5.73. The number of piperidine rings is 1. The van der Waals surface area contributed by atoms with Gasteiger partial charge in [-0.05, 0) is 39.2 Å². The summed E-state index contributed by atoms with van der Waals surface area (Å²) in [7, 11) is 0. The van der Waals surface area contributed by atoms with Crippen LogP contribution in [-0.2, 0) is 4.74 Å². The van der Waals surface area contributed by atoms with Gasteiger partial charge in [-0.2, -0.15) is 0 Å². The lowest BCUT2D eigenvalue weighted by molar-refractivity contribution is -0.0256. The summed E-state index contributed by atoms with van der Waals surface area (Å²) < 4.78 is 5.76. The first-order valence-electron chi connectivity index (χ1n) is 7.29. The summed E-state index contributed by atoms with van der Waals surface area (Å²) >= 11 is 0. The van der Waals surface area contributed by atoms with E-state index in [4.69, 9.17) is 4.74 Å². The minimum Gasteiger partial charge on any atom is -0.389 e. The molecule has 1 heterocycles. The van der Waals surface area contributed by atoms with E-state index >= 15 is 0 Å². The minimum atomic E-state index is -0.309. The van der Waals surface area contributed by atoms with Crippen molar-refractivity contribution in [3.8, 4) is 0 Å². The van der Waals surface area contributed by atoms with Crippen molar-refractivity contribution in [2.45, 2.75) is 70.1 Å². The van der Waals surface area contributed by atoms with Crippen LogP contribution in [0, 0.1) is 0 Å². The van der Waals surface area contributed by atoms with Gasteiger partial charge in [0.2, 0.25) is 0 Å². The lowest BCUT2D eigenvalue weighted by Crippen LogP contribution is -2.43. The first-order valence-corrected chi connectivity index (χ1v) is 7.29. The summed E-state index contributed by atoms with van der Waals surface area (Å²) in [6.45, 7) is 4.72. The maximum Gasteiger partial charge on any atom is 0.0900 e. The molecule has 4 heteroatoms. The van der Waals surface area contributed by atoms with Crippen molar-refractivity contribution in [3.63, 3.8) is 0 Å². The zero-order valence-electron chi connectivity index (χ0n) is 11.5. The molecule has 2 rings (SSSR count). The number of aliphatic hydroxyl groups is 1. The lowest BCUT2D eigenvalue weighted by atomic mass is 10.0. The highest BCUT2D eigenvalue weighted by molar-refractivity contribution is 5.85. The SMILES string of the molecule is CC1CCCCN1CC(O)COC1CCCC1.Cl. The van der Waals surface area contributed by atoms with Crippen molar-refractivity contribution in [1.29, 1.82) is 0 Å². The van der Waals surface area contributed by atoms with E-state index in [1.165, 1.54) is 44.9 Å². The van der Waals surface area contributed by atoms with E-state index < -0.39 is 0 Å². The molecule has 0 aromatic heterocycles. The van der Waals surface area contributed by atoms with Crippen LogP contribution in [0.4, 0.5) is 0 Å². The van der Waals surface area contributed by atoms with Gasteiger partial charge in [0.25, 0.3) is 0 Å². The quantitative estimate of drug-likeness (QED) is 0.838. The largest absolute Gasteiger partial charge is 0.389 e. The fourth-order valence-corrected chi connectivity index (χ4v) is 3.05. The maximum absolute atomic E-state index is 10.0. The van der Waals surface area contributed by atoms with Gasteiger partial charge in [0.1, 0.15) is 0 Å². The molecule has 1 N–H and O–H groups in total. The number of β-amino-alcohol motifs (C(OH)–C–C–N with tert-alkyl or cyclic N) is 1. The maximum atomic E-state index is 10.0. The Kier molecular flexibility index (Phi) is 7.54. The van der Waals surface area contributed by atoms with Crippen LogP contribution in [0.1, 0.15) is 51.9 Å². The Bertz CT molecular complexity index is 222. The van der Waals surface area contributed by atoms with Crippen molar-refractivity contribution in [3.05, 3.63) is 0 Å². The minimum absolute atomic E-state index is 0. The number of hydrogen-bond donors (Lipinski definition) is 1. The number of halogens is 1. The zero-order valence-corrected chi connectivity index (χ0v) is 12.3. The third kappa shape index (κ3) is 5.04. The summed E-state index contributed by atoms with van der Waals surface area (Å²) in [5, 5.41) is 10.0. The fourth-order valence-electron chi connectivity index (χ4n) is 3.05. The molecule has 0 radical (unpaired) electrons. The van der Waals surface area contributed by atoms with Crippen molar-refractivity contribution >= 4 is 12.4 Å². The van der Waals surface area contributed by atoms with Crippen LogP contribution in [0.15, 0.2) is 0 Å². The Hall–Kier alpha value is 0.170. The highest BCUT2D eigenvalue weighted by atomic mass is 35.5. The van der Waals surface area contributed by atoms with Gasteiger partial charge in [-0.3, -0.25) is 4.90 Å². The molecule has 1 saturated carbocycles. The van der Waals surface area contributed by atoms with Crippen molar-refractivity contribution in [2.75, 3.05) is 19.7 Å². The predicted molar refractivity (Wildman–Crippen MR) is 76.3 cm³/mol. The first-order chi connectivity index (χ1) is 8.25. The zero-order chi connectivity index (χ0) is 12.1. The number of aliphatic hydroxyl groups excluding tert-OH is 1. The lowest BCUT2D eigenvalue weighted by Gasteiger charge is -2.34. The van der Waals surface area contributed by atoms with Crippen LogP contribution in [0.3, 0.4) is 0 Å². The number of rotatable bonds is 5. The fraction of sp³-hybridized carbons (Fsp3) is 1.00. The predicted octanol–water partition coefficient (Wildman–Crippen LogP) is 2.60. The second-order valence-electron chi connectivity index (χ2n) is 5.73. The van der Waals surface area contributed by atoms with Crippen LogP contribution >= 0.6 is 12.4 Å². The molecule has 2 fully saturated rings. The number of likely N-dealkylation sites (tertiary alicyclic amines) is 1. The Morgan fingerprint density at radius 3 is 2.50 bits per heavy atom. The number of nitrogens with zero attached hydrogens (tertiary/aromatic N) is 1. The van der Waals surface area contributed by atoms with E-state index in [9.17, 15) is 5.11 Å². The Balaban J connectivity index is 0.00000162. The monoisotopic (exact) mass is 277 g/mol. The highest BCUT2D eigenvalue weighted by Gasteiger charge is 2.22. The normalized spacial score (nSPS) is 28.0. The number of hydrogen-bond acceptors (Lipinski definition) is 3. The van der Waals surface area contributed by atoms with Gasteiger partial charge in [0.15, 0.2) is 0 Å². The van der Waals surface area contributed by atoms with Crippen molar-refractivity contribution in [2.24, 2.45) is 0 Å². The molecule has 0 spiro atoms. The van der Waals surface area contributed by atoms with Gasteiger partial charge >= 0.3 is 0 Å². The second kappa shape index (κ2) is 8.36. The summed E-state index contributed by atoms with van der Waals surface area (Å²) in [5.41, 5.74) is 0. The molecule has 1 aliphatic heterocycles. The molecule has 1 aliphatic carbocycles. The van der Waals surface area contributed by atoms with Gasteiger partial charge in [-0.25, -0.2) is 0 Å². The van der Waals surface area contributed by atoms with E-state index in [2.05, 4.69) is 11.8 Å². The van der Waals surface area contributed by atoms with Crippen molar-refractivity contribution < 1.29 is 9.84 Å². The standard InChI is InChI=1S/C14H27NO2.ClH/c1-12-6-4-5-9-15(12)10-13(16)11-17-14-7-2-3-8-14;/h12-14,16H,2-11H2,1H3;1H. The van der Waals surface area contributed by atoms with Gasteiger partial charge in [-0.1, -0.05) is 19.3 Å². The summed E-state index contributed by atoms with van der Waals surface area (Å²) in [6.07, 6.45) is 8.97. The molecule has 2 atom stereocenters. The highest BCUT2D eigenvalue weighted by Crippen LogP contribution is 2.21. The van der Waals surface area contributed by atoms with Crippen LogP contribution in [0.2, 0.25) is 0 Å². The van der Waals surface area contributed by atoms with Gasteiger partial charge < -0.3 is 9.84 Å². The summed E-state index contributed by atoms with van der Waals surface area (Å²) in [6, 6.07) is 0.630. The van der Waals surface area contributed by atoms with Crippen LogP contribution < -0.4 is 0 Å². The van der Waals surface area contributed by atoms with Crippen LogP contribution in [0.5, 0.6) is 0 Å². The van der Waals surface area contributed by atoms with E-state index in [0.717, 1.165) is 13.1 Å². The molecule has 0 amide bonds. The topological polar surface area (TPSA) is 32.7 Å². The molecular formula is C14H28ClNO2. The molecule has 18 heavy (non-hydrogen) atoms. The average Bonchev–Trinajstić information content (AvgIpc) is 2.82. The first kappa shape index (κ1) is 16.2. The van der Waals surface area contributed by atoms with Gasteiger partial charge in [-0.15, -0.1) is 12.4 Å². The summed E-state index contributed by atoms with van der Waals surface area (Å²) in [5.74, 6) is 0. The van der Waals surface area contributed by atoms with Crippen molar-refractivity contribution in [1.82, 2.24) is 4.90 Å². The van der Waals surface area contributed by atoms with E-state index in [0.29, 0.717) is 18.8 Å². The molecular weight excluding hydrogens is 250 g/mol. The molecule has 0 aromatic carbocycles. The molecule has 0 aromatic rings. The smallest absolute Gasteiger partial charge is 0.0900 e.